The Morgan fingerprint density at radius 1 is 0.875 bits per heavy atom. The van der Waals surface area contributed by atoms with E-state index in [1.54, 1.807) is 36.4 Å². The van der Waals surface area contributed by atoms with Crippen LogP contribution in [-0.4, -0.2) is 20.3 Å². The summed E-state index contributed by atoms with van der Waals surface area (Å²) in [5.41, 5.74) is -1.54. The monoisotopic (exact) mass is 434 g/mol. The van der Waals surface area contributed by atoms with Crippen molar-refractivity contribution in [3.8, 4) is 5.69 Å². The average Bonchev–Trinajstić information content (AvgIpc) is 2.77. The lowest BCUT2D eigenvalue weighted by Gasteiger charge is -2.12. The van der Waals surface area contributed by atoms with Crippen LogP contribution < -0.4 is 16.6 Å². The molecule has 0 bridgehead atoms. The minimum absolute atomic E-state index is 0.116. The van der Waals surface area contributed by atoms with Gasteiger partial charge in [0.05, 0.1) is 12.2 Å². The van der Waals surface area contributed by atoms with Gasteiger partial charge in [-0.2, -0.15) is 9.78 Å². The standard InChI is InChI=1S/C23H16F2N4O3/c24-16-7-4-6-15(12-16)14-28-22(31)20(21(30)26-18-9-5-8-17(25)13-18)27-29(23(28)32)19-10-2-1-3-11-19/h1-13H,14H2,(H,26,30). The molecule has 1 N–H and O–H groups in total. The van der Waals surface area contributed by atoms with E-state index in [0.29, 0.717) is 11.3 Å². The van der Waals surface area contributed by atoms with E-state index in [2.05, 4.69) is 10.4 Å². The van der Waals surface area contributed by atoms with Crippen molar-refractivity contribution in [3.63, 3.8) is 0 Å². The first-order valence-electron chi connectivity index (χ1n) is 9.53. The largest absolute Gasteiger partial charge is 0.352 e. The number of anilines is 1. The lowest BCUT2D eigenvalue weighted by molar-refractivity contribution is 0.101. The highest BCUT2D eigenvalue weighted by molar-refractivity contribution is 6.02. The number of amides is 1. The van der Waals surface area contributed by atoms with Crippen LogP contribution in [0.5, 0.6) is 0 Å². The summed E-state index contributed by atoms with van der Waals surface area (Å²) in [4.78, 5) is 38.9. The normalized spacial score (nSPS) is 10.7. The summed E-state index contributed by atoms with van der Waals surface area (Å²) in [5.74, 6) is -2.02. The van der Waals surface area contributed by atoms with Crippen LogP contribution in [0.2, 0.25) is 0 Å². The quantitative estimate of drug-likeness (QED) is 0.523. The maximum absolute atomic E-state index is 13.6. The third-order valence-corrected chi connectivity index (χ3v) is 4.59. The predicted octanol–water partition coefficient (Wildman–Crippen LogP) is 2.97. The van der Waals surface area contributed by atoms with Crippen molar-refractivity contribution in [1.29, 1.82) is 0 Å². The number of halogens is 2. The maximum atomic E-state index is 13.6. The molecule has 0 aliphatic carbocycles. The molecule has 0 unspecified atom stereocenters. The van der Waals surface area contributed by atoms with Crippen LogP contribution in [0.4, 0.5) is 14.5 Å². The van der Waals surface area contributed by atoms with Gasteiger partial charge in [0.1, 0.15) is 11.6 Å². The zero-order chi connectivity index (χ0) is 22.7. The lowest BCUT2D eigenvalue weighted by atomic mass is 10.2. The van der Waals surface area contributed by atoms with E-state index in [4.69, 9.17) is 0 Å². The van der Waals surface area contributed by atoms with Gasteiger partial charge in [0.25, 0.3) is 11.5 Å². The van der Waals surface area contributed by atoms with E-state index in [0.717, 1.165) is 15.3 Å². The van der Waals surface area contributed by atoms with E-state index in [-0.39, 0.29) is 12.2 Å². The summed E-state index contributed by atoms with van der Waals surface area (Å²) >= 11 is 0. The number of hydrogen-bond donors (Lipinski definition) is 1. The molecular weight excluding hydrogens is 418 g/mol. The van der Waals surface area contributed by atoms with Gasteiger partial charge >= 0.3 is 5.69 Å². The fourth-order valence-electron chi connectivity index (χ4n) is 3.11. The topological polar surface area (TPSA) is 86.0 Å². The molecule has 0 saturated carbocycles. The highest BCUT2D eigenvalue weighted by atomic mass is 19.1. The van der Waals surface area contributed by atoms with Gasteiger partial charge in [-0.05, 0) is 48.0 Å². The van der Waals surface area contributed by atoms with E-state index in [9.17, 15) is 23.2 Å². The zero-order valence-corrected chi connectivity index (χ0v) is 16.5. The fraction of sp³-hybridized carbons (Fsp3) is 0.0435. The van der Waals surface area contributed by atoms with E-state index in [1.807, 2.05) is 0 Å². The molecule has 160 valence electrons. The Morgan fingerprint density at radius 2 is 1.56 bits per heavy atom. The van der Waals surface area contributed by atoms with Gasteiger partial charge in [-0.25, -0.2) is 13.6 Å². The number of hydrogen-bond acceptors (Lipinski definition) is 4. The van der Waals surface area contributed by atoms with Gasteiger partial charge in [0.15, 0.2) is 0 Å². The summed E-state index contributed by atoms with van der Waals surface area (Å²) < 4.78 is 28.8. The molecule has 32 heavy (non-hydrogen) atoms. The van der Waals surface area contributed by atoms with E-state index >= 15 is 0 Å². The van der Waals surface area contributed by atoms with Gasteiger partial charge < -0.3 is 5.32 Å². The summed E-state index contributed by atoms with van der Waals surface area (Å²) in [6.07, 6.45) is 0. The Labute approximate surface area is 180 Å². The SMILES string of the molecule is O=C(Nc1cccc(F)c1)c1nn(-c2ccccc2)c(=O)n(Cc2cccc(F)c2)c1=O. The molecule has 9 heteroatoms. The van der Waals surface area contributed by atoms with Crippen LogP contribution in [0.1, 0.15) is 16.1 Å². The minimum atomic E-state index is -0.958. The first-order valence-corrected chi connectivity index (χ1v) is 9.53. The van der Waals surface area contributed by atoms with Gasteiger partial charge in [-0.15, -0.1) is 0 Å². The third-order valence-electron chi connectivity index (χ3n) is 4.59. The molecule has 4 rings (SSSR count). The first-order chi connectivity index (χ1) is 15.4. The van der Waals surface area contributed by atoms with Crippen LogP contribution >= 0.6 is 0 Å². The molecule has 0 saturated heterocycles. The molecule has 1 aromatic heterocycles. The van der Waals surface area contributed by atoms with Crippen molar-refractivity contribution in [3.05, 3.63) is 123 Å². The molecule has 3 aromatic carbocycles. The van der Waals surface area contributed by atoms with Crippen molar-refractivity contribution >= 4 is 11.6 Å². The van der Waals surface area contributed by atoms with Gasteiger partial charge in [0, 0.05) is 5.69 Å². The van der Waals surface area contributed by atoms with Gasteiger partial charge in [-0.3, -0.25) is 14.2 Å². The van der Waals surface area contributed by atoms with Crippen molar-refractivity contribution in [1.82, 2.24) is 14.3 Å². The summed E-state index contributed by atoms with van der Waals surface area (Å²) in [5, 5.41) is 6.38. The Morgan fingerprint density at radius 3 is 2.25 bits per heavy atom. The molecule has 4 aromatic rings. The maximum Gasteiger partial charge on any atom is 0.352 e. The number of carbonyl (C=O) groups is 1. The Hall–Kier alpha value is -4.40. The number of rotatable bonds is 5. The predicted molar refractivity (Wildman–Crippen MR) is 114 cm³/mol. The summed E-state index contributed by atoms with van der Waals surface area (Å²) in [7, 11) is 0. The number of nitrogens with one attached hydrogen (secondary N) is 1. The van der Waals surface area contributed by atoms with E-state index < -0.39 is 34.5 Å². The van der Waals surface area contributed by atoms with Crippen LogP contribution in [0, 0.1) is 11.6 Å². The fourth-order valence-corrected chi connectivity index (χ4v) is 3.11. The molecule has 1 heterocycles. The zero-order valence-electron chi connectivity index (χ0n) is 16.5. The Kier molecular flexibility index (Phi) is 5.71. The van der Waals surface area contributed by atoms with Crippen LogP contribution in [0.3, 0.4) is 0 Å². The lowest BCUT2D eigenvalue weighted by Crippen LogP contribution is -2.45. The van der Waals surface area contributed by atoms with Crippen molar-refractivity contribution < 1.29 is 13.6 Å². The number of nitrogens with zero attached hydrogens (tertiary/aromatic N) is 3. The Balaban J connectivity index is 1.84. The molecule has 7 nitrogen and oxygen atoms in total. The second-order valence-corrected chi connectivity index (χ2v) is 6.86. The van der Waals surface area contributed by atoms with E-state index in [1.165, 1.54) is 36.4 Å². The summed E-state index contributed by atoms with van der Waals surface area (Å²) in [6, 6.07) is 18.8. The second kappa shape index (κ2) is 8.76. The van der Waals surface area contributed by atoms with Crippen LogP contribution in [0.15, 0.2) is 88.5 Å². The number of benzene rings is 3. The van der Waals surface area contributed by atoms with Gasteiger partial charge in [0.2, 0.25) is 5.69 Å². The van der Waals surface area contributed by atoms with Crippen LogP contribution in [-0.2, 0) is 6.54 Å². The molecular formula is C23H16F2N4O3. The molecule has 0 radical (unpaired) electrons. The molecule has 0 aliphatic rings. The second-order valence-electron chi connectivity index (χ2n) is 6.86. The number of para-hydroxylation sites is 1. The highest BCUT2D eigenvalue weighted by Crippen LogP contribution is 2.10. The minimum Gasteiger partial charge on any atom is -0.320 e. The smallest absolute Gasteiger partial charge is 0.320 e. The molecule has 0 fully saturated rings. The Bertz CT molecular complexity index is 1410. The average molecular weight is 434 g/mol. The number of aromatic nitrogens is 3. The molecule has 1 amide bonds. The van der Waals surface area contributed by atoms with Crippen molar-refractivity contribution in [2.45, 2.75) is 6.54 Å². The molecule has 0 aliphatic heterocycles. The summed E-state index contributed by atoms with van der Waals surface area (Å²) in [6.45, 7) is -0.273. The van der Waals surface area contributed by atoms with Crippen LogP contribution in [0.25, 0.3) is 5.69 Å². The molecule has 0 spiro atoms. The van der Waals surface area contributed by atoms with Crippen molar-refractivity contribution in [2.24, 2.45) is 0 Å². The third kappa shape index (κ3) is 4.36. The van der Waals surface area contributed by atoms with Gasteiger partial charge in [-0.1, -0.05) is 36.4 Å². The number of carbonyl (C=O) groups excluding carboxylic acids is 1. The first kappa shape index (κ1) is 20.9. The highest BCUT2D eigenvalue weighted by Gasteiger charge is 2.21. The van der Waals surface area contributed by atoms with Crippen molar-refractivity contribution in [2.75, 3.05) is 5.32 Å². The molecule has 0 atom stereocenters.